The van der Waals surface area contributed by atoms with Gasteiger partial charge in [0.05, 0.1) is 12.8 Å². The van der Waals surface area contributed by atoms with E-state index in [1.54, 1.807) is 6.26 Å². The van der Waals surface area contributed by atoms with E-state index in [0.717, 1.165) is 18.8 Å². The summed E-state index contributed by atoms with van der Waals surface area (Å²) < 4.78 is 5.47. The highest BCUT2D eigenvalue weighted by molar-refractivity contribution is 5.14. The second-order valence-corrected chi connectivity index (χ2v) is 7.50. The average molecular weight is 339 g/mol. The Kier molecular flexibility index (Phi) is 5.50. The molecule has 2 saturated heterocycles. The summed E-state index contributed by atoms with van der Waals surface area (Å²) in [5.41, 5.74) is 1.43. The predicted molar refractivity (Wildman–Crippen MR) is 100 cm³/mol. The van der Waals surface area contributed by atoms with Gasteiger partial charge < -0.3 is 9.73 Å². The third-order valence-corrected chi connectivity index (χ3v) is 5.54. The van der Waals surface area contributed by atoms with Crippen molar-refractivity contribution in [2.45, 2.75) is 44.4 Å². The molecular weight excluding hydrogens is 310 g/mol. The summed E-state index contributed by atoms with van der Waals surface area (Å²) in [4.78, 5) is 5.09. The standard InChI is InChI=1S/C21H29N3O/c1-2-5-18(6-3-1)15-24-13-10-20(16-24)22-19-8-11-23(12-9-19)17-21-7-4-14-25-21/h1-7,14,19-20,22H,8-13,15-17H2/t20-/m0/s1. The summed E-state index contributed by atoms with van der Waals surface area (Å²) in [6.45, 7) is 6.76. The lowest BCUT2D eigenvalue weighted by atomic mass is 10.0. The van der Waals surface area contributed by atoms with E-state index in [1.807, 2.05) is 6.07 Å². The first-order valence-corrected chi connectivity index (χ1v) is 9.62. The topological polar surface area (TPSA) is 31.6 Å². The van der Waals surface area contributed by atoms with Gasteiger partial charge in [-0.1, -0.05) is 30.3 Å². The molecule has 134 valence electrons. The minimum Gasteiger partial charge on any atom is -0.468 e. The maximum atomic E-state index is 5.47. The normalized spacial score (nSPS) is 23.3. The molecule has 2 aliphatic heterocycles. The first-order valence-electron chi connectivity index (χ1n) is 9.62. The number of nitrogens with zero attached hydrogens (tertiary/aromatic N) is 2. The van der Waals surface area contributed by atoms with Crippen LogP contribution in [-0.4, -0.2) is 48.1 Å². The lowest BCUT2D eigenvalue weighted by Gasteiger charge is -2.33. The van der Waals surface area contributed by atoms with Crippen molar-refractivity contribution in [2.24, 2.45) is 0 Å². The second kappa shape index (κ2) is 8.17. The van der Waals surface area contributed by atoms with Crippen LogP contribution in [0.4, 0.5) is 0 Å². The molecule has 3 heterocycles. The maximum absolute atomic E-state index is 5.47. The van der Waals surface area contributed by atoms with Crippen molar-refractivity contribution in [3.8, 4) is 0 Å². The number of nitrogens with one attached hydrogen (secondary N) is 1. The Bertz CT molecular complexity index is 620. The van der Waals surface area contributed by atoms with Crippen LogP contribution < -0.4 is 5.32 Å². The van der Waals surface area contributed by atoms with Gasteiger partial charge in [0.15, 0.2) is 0 Å². The Morgan fingerprint density at radius 2 is 1.60 bits per heavy atom. The third kappa shape index (κ3) is 4.72. The van der Waals surface area contributed by atoms with Gasteiger partial charge in [0.2, 0.25) is 0 Å². The lowest BCUT2D eigenvalue weighted by Crippen LogP contribution is -2.46. The van der Waals surface area contributed by atoms with E-state index in [1.165, 1.54) is 51.0 Å². The molecule has 2 aliphatic rings. The minimum atomic E-state index is 0.658. The van der Waals surface area contributed by atoms with Crippen LogP contribution in [0.1, 0.15) is 30.6 Å². The predicted octanol–water partition coefficient (Wildman–Crippen LogP) is 3.11. The van der Waals surface area contributed by atoms with Crippen molar-refractivity contribution in [3.63, 3.8) is 0 Å². The van der Waals surface area contributed by atoms with Gasteiger partial charge in [-0.05, 0) is 37.0 Å². The Hall–Kier alpha value is -1.62. The molecule has 25 heavy (non-hydrogen) atoms. The number of piperidine rings is 1. The van der Waals surface area contributed by atoms with E-state index in [4.69, 9.17) is 4.42 Å². The summed E-state index contributed by atoms with van der Waals surface area (Å²) in [6, 6.07) is 16.2. The van der Waals surface area contributed by atoms with Gasteiger partial charge >= 0.3 is 0 Å². The Balaban J connectivity index is 1.18. The van der Waals surface area contributed by atoms with Crippen molar-refractivity contribution in [1.82, 2.24) is 15.1 Å². The molecule has 4 rings (SSSR count). The molecule has 0 radical (unpaired) electrons. The summed E-state index contributed by atoms with van der Waals surface area (Å²) in [6.07, 6.45) is 5.54. The van der Waals surface area contributed by atoms with Gasteiger partial charge in [0.1, 0.15) is 5.76 Å². The number of benzene rings is 1. The molecule has 4 heteroatoms. The smallest absolute Gasteiger partial charge is 0.117 e. The van der Waals surface area contributed by atoms with Crippen LogP contribution in [0.2, 0.25) is 0 Å². The molecule has 1 N–H and O–H groups in total. The third-order valence-electron chi connectivity index (χ3n) is 5.54. The Labute approximate surface area is 150 Å². The Morgan fingerprint density at radius 3 is 2.36 bits per heavy atom. The highest BCUT2D eigenvalue weighted by atomic mass is 16.3. The monoisotopic (exact) mass is 339 g/mol. The fourth-order valence-corrected chi connectivity index (χ4v) is 4.17. The molecule has 2 aromatic rings. The summed E-state index contributed by atoms with van der Waals surface area (Å²) in [5.74, 6) is 1.08. The molecule has 0 aliphatic carbocycles. The zero-order valence-corrected chi connectivity index (χ0v) is 14.9. The van der Waals surface area contributed by atoms with Crippen molar-refractivity contribution in [3.05, 3.63) is 60.1 Å². The van der Waals surface area contributed by atoms with Gasteiger partial charge in [-0.2, -0.15) is 0 Å². The van der Waals surface area contributed by atoms with E-state index in [-0.39, 0.29) is 0 Å². The molecule has 2 fully saturated rings. The number of furan rings is 1. The molecule has 0 spiro atoms. The van der Waals surface area contributed by atoms with Crippen LogP contribution in [-0.2, 0) is 13.1 Å². The van der Waals surface area contributed by atoms with E-state index in [0.29, 0.717) is 12.1 Å². The van der Waals surface area contributed by atoms with Crippen molar-refractivity contribution >= 4 is 0 Å². The van der Waals surface area contributed by atoms with Gasteiger partial charge in [-0.25, -0.2) is 0 Å². The largest absolute Gasteiger partial charge is 0.468 e. The van der Waals surface area contributed by atoms with Crippen LogP contribution in [0.3, 0.4) is 0 Å². The number of hydrogen-bond donors (Lipinski definition) is 1. The molecule has 1 aromatic carbocycles. The zero-order chi connectivity index (χ0) is 16.9. The molecule has 0 saturated carbocycles. The van der Waals surface area contributed by atoms with E-state index >= 15 is 0 Å². The quantitative estimate of drug-likeness (QED) is 0.876. The van der Waals surface area contributed by atoms with Gasteiger partial charge in [-0.3, -0.25) is 9.80 Å². The lowest BCUT2D eigenvalue weighted by molar-refractivity contribution is 0.172. The fraction of sp³-hybridized carbons (Fsp3) is 0.524. The van der Waals surface area contributed by atoms with Crippen molar-refractivity contribution in [1.29, 1.82) is 0 Å². The zero-order valence-electron chi connectivity index (χ0n) is 14.9. The summed E-state index contributed by atoms with van der Waals surface area (Å²) in [7, 11) is 0. The molecule has 0 bridgehead atoms. The van der Waals surface area contributed by atoms with Crippen LogP contribution >= 0.6 is 0 Å². The first kappa shape index (κ1) is 16.8. The van der Waals surface area contributed by atoms with Crippen LogP contribution in [0, 0.1) is 0 Å². The first-order chi connectivity index (χ1) is 12.3. The van der Waals surface area contributed by atoms with Crippen molar-refractivity contribution < 1.29 is 4.42 Å². The maximum Gasteiger partial charge on any atom is 0.117 e. The van der Waals surface area contributed by atoms with E-state index in [9.17, 15) is 0 Å². The molecule has 1 aromatic heterocycles. The van der Waals surface area contributed by atoms with Crippen molar-refractivity contribution in [2.75, 3.05) is 26.2 Å². The fourth-order valence-electron chi connectivity index (χ4n) is 4.17. The van der Waals surface area contributed by atoms with E-state index in [2.05, 4.69) is 51.5 Å². The summed E-state index contributed by atoms with van der Waals surface area (Å²) >= 11 is 0. The number of likely N-dealkylation sites (tertiary alicyclic amines) is 2. The van der Waals surface area contributed by atoms with Gasteiger partial charge in [0, 0.05) is 44.8 Å². The number of hydrogen-bond acceptors (Lipinski definition) is 4. The van der Waals surface area contributed by atoms with Crippen LogP contribution in [0.5, 0.6) is 0 Å². The van der Waals surface area contributed by atoms with Gasteiger partial charge in [0.25, 0.3) is 0 Å². The van der Waals surface area contributed by atoms with Crippen LogP contribution in [0.15, 0.2) is 53.1 Å². The van der Waals surface area contributed by atoms with Crippen LogP contribution in [0.25, 0.3) is 0 Å². The van der Waals surface area contributed by atoms with E-state index < -0.39 is 0 Å². The minimum absolute atomic E-state index is 0.658. The molecule has 4 nitrogen and oxygen atoms in total. The SMILES string of the molecule is c1ccc(CN2CC[C@H](NC3CCN(Cc4ccco4)CC3)C2)cc1. The molecule has 0 amide bonds. The Morgan fingerprint density at radius 1 is 0.840 bits per heavy atom. The number of rotatable bonds is 6. The molecule has 1 atom stereocenters. The molecular formula is C21H29N3O. The molecule has 0 unspecified atom stereocenters. The highest BCUT2D eigenvalue weighted by Gasteiger charge is 2.26. The van der Waals surface area contributed by atoms with Gasteiger partial charge in [-0.15, -0.1) is 0 Å². The summed E-state index contributed by atoms with van der Waals surface area (Å²) in [5, 5.41) is 3.92. The highest BCUT2D eigenvalue weighted by Crippen LogP contribution is 2.18. The second-order valence-electron chi connectivity index (χ2n) is 7.50. The average Bonchev–Trinajstić information content (AvgIpc) is 3.30.